The molecule has 2 N–H and O–H groups in total. The van der Waals surface area contributed by atoms with Crippen molar-refractivity contribution in [1.29, 1.82) is 5.26 Å². The van der Waals surface area contributed by atoms with Gasteiger partial charge in [-0.3, -0.25) is 14.7 Å². The fraction of sp³-hybridized carbons (Fsp3) is 0.421. The van der Waals surface area contributed by atoms with Crippen LogP contribution in [0.2, 0.25) is 5.02 Å². The summed E-state index contributed by atoms with van der Waals surface area (Å²) in [5.41, 5.74) is 5.60. The van der Waals surface area contributed by atoms with Crippen LogP contribution in [0.25, 0.3) is 39.1 Å². The molecule has 0 bridgehead atoms. The molecule has 1 amide bonds. The second kappa shape index (κ2) is 14.6. The van der Waals surface area contributed by atoms with Crippen LogP contribution >= 0.6 is 11.6 Å². The number of piperazine rings is 1. The van der Waals surface area contributed by atoms with Crippen LogP contribution in [0.5, 0.6) is 6.01 Å². The lowest BCUT2D eigenvalue weighted by Crippen LogP contribution is -2.55. The van der Waals surface area contributed by atoms with Gasteiger partial charge in [0.25, 0.3) is 5.89 Å². The molecule has 0 radical (unpaired) electrons. The summed E-state index contributed by atoms with van der Waals surface area (Å²) in [6.07, 6.45) is 5.34. The SMILES string of the molecule is CC(C)c1noc(/C=C/C(=O)N2CCN(c3nc(OC[C@@]45CCCN4C[C@H](F)C5)nc4c(F)c(-c5nc(N)cc6cccc(Cl)c56)ncc34)C[C@@H]2CC#N)n1. The molecule has 8 rings (SSSR count). The number of fused-ring (bicyclic) bond motifs is 3. The van der Waals surface area contributed by atoms with Gasteiger partial charge in [0, 0.05) is 62.3 Å². The van der Waals surface area contributed by atoms with Crippen LogP contribution < -0.4 is 15.4 Å². The Morgan fingerprint density at radius 1 is 1.20 bits per heavy atom. The number of carbonyl (C=O) groups excluding carboxylic acids is 1. The van der Waals surface area contributed by atoms with E-state index in [1.54, 1.807) is 29.2 Å². The van der Waals surface area contributed by atoms with Crippen molar-refractivity contribution in [3.05, 3.63) is 59.1 Å². The molecule has 55 heavy (non-hydrogen) atoms. The average molecular weight is 770 g/mol. The number of benzene rings is 1. The van der Waals surface area contributed by atoms with E-state index in [1.165, 1.54) is 18.3 Å². The Morgan fingerprint density at radius 3 is 2.85 bits per heavy atom. The molecular formula is C38H38ClF2N11O3. The van der Waals surface area contributed by atoms with Gasteiger partial charge in [0.05, 0.1) is 34.5 Å². The number of halogens is 3. The highest BCUT2D eigenvalue weighted by Crippen LogP contribution is 2.41. The Morgan fingerprint density at radius 2 is 2.05 bits per heavy atom. The molecule has 0 spiro atoms. The molecule has 3 aliphatic heterocycles. The molecule has 3 aliphatic rings. The van der Waals surface area contributed by atoms with Crippen molar-refractivity contribution < 1.29 is 22.8 Å². The van der Waals surface area contributed by atoms with Gasteiger partial charge < -0.3 is 24.8 Å². The first kappa shape index (κ1) is 36.4. The van der Waals surface area contributed by atoms with Gasteiger partial charge in [-0.05, 0) is 36.9 Å². The van der Waals surface area contributed by atoms with Gasteiger partial charge in [-0.25, -0.2) is 13.8 Å². The summed E-state index contributed by atoms with van der Waals surface area (Å²) in [4.78, 5) is 41.7. The number of nitrogen functional groups attached to an aromatic ring is 1. The first-order chi connectivity index (χ1) is 26.5. The fourth-order valence-electron chi connectivity index (χ4n) is 8.00. The lowest BCUT2D eigenvalue weighted by atomic mass is 9.95. The molecule has 284 valence electrons. The van der Waals surface area contributed by atoms with Crippen LogP contribution in [0.15, 0.2) is 41.1 Å². The second-order valence-electron chi connectivity index (χ2n) is 14.6. The maximum absolute atomic E-state index is 17.0. The van der Waals surface area contributed by atoms with Gasteiger partial charge in [-0.15, -0.1) is 0 Å². The summed E-state index contributed by atoms with van der Waals surface area (Å²) in [5.74, 6) is 0.136. The topological polar surface area (TPSA) is 176 Å². The molecule has 3 atom stereocenters. The van der Waals surface area contributed by atoms with Crippen molar-refractivity contribution in [2.24, 2.45) is 0 Å². The van der Waals surface area contributed by atoms with Gasteiger partial charge in [-0.1, -0.05) is 42.7 Å². The van der Waals surface area contributed by atoms with E-state index in [1.807, 2.05) is 18.7 Å². The number of aromatic nitrogens is 6. The number of nitriles is 1. The highest BCUT2D eigenvalue weighted by atomic mass is 35.5. The van der Waals surface area contributed by atoms with Gasteiger partial charge in [-0.2, -0.15) is 20.2 Å². The van der Waals surface area contributed by atoms with E-state index in [4.69, 9.17) is 31.6 Å². The minimum Gasteiger partial charge on any atom is -0.461 e. The normalized spacial score (nSPS) is 21.6. The van der Waals surface area contributed by atoms with Gasteiger partial charge >= 0.3 is 6.01 Å². The Hall–Kier alpha value is -5.53. The molecule has 14 nitrogen and oxygen atoms in total. The van der Waals surface area contributed by atoms with Gasteiger partial charge in [0.2, 0.25) is 5.91 Å². The standard InChI is InChI=1S/C38H38ClF2N11O3/c1-21(2)35-46-28(55-49-35)7-8-29(53)52-14-13-50(19-24(52)9-11-42)36-25-17-44-34(33-30-22(15-27(43)45-33)5-3-6-26(30)39)31(41)32(25)47-37(48-36)54-20-38-10-4-12-51(38)18-23(40)16-38/h3,5-8,15,17,21,23-24H,4,9-10,12-14,16,18-20H2,1-2H3,(H2,43,45)/b8-7+/t23-,24+,38+/m1/s1. The molecular weight excluding hydrogens is 732 g/mol. The number of amides is 1. The maximum Gasteiger partial charge on any atom is 0.319 e. The zero-order valence-electron chi connectivity index (χ0n) is 30.3. The number of carbonyl (C=O) groups is 1. The number of nitrogens with two attached hydrogens (primary N) is 1. The maximum atomic E-state index is 17.0. The first-order valence-electron chi connectivity index (χ1n) is 18.2. The third-order valence-electron chi connectivity index (χ3n) is 10.7. The molecule has 3 saturated heterocycles. The van der Waals surface area contributed by atoms with E-state index in [2.05, 4.69) is 36.1 Å². The predicted molar refractivity (Wildman–Crippen MR) is 201 cm³/mol. The number of hydrogen-bond donors (Lipinski definition) is 1. The van der Waals surface area contributed by atoms with E-state index in [9.17, 15) is 14.4 Å². The summed E-state index contributed by atoms with van der Waals surface area (Å²) >= 11 is 6.60. The molecule has 1 aromatic carbocycles. The van der Waals surface area contributed by atoms with Crippen molar-refractivity contribution >= 4 is 56.9 Å². The molecule has 0 aliphatic carbocycles. The van der Waals surface area contributed by atoms with E-state index < -0.39 is 23.6 Å². The van der Waals surface area contributed by atoms with Crippen molar-refractivity contribution in [2.45, 2.75) is 63.2 Å². The largest absolute Gasteiger partial charge is 0.461 e. The Kier molecular flexibility index (Phi) is 9.68. The van der Waals surface area contributed by atoms with Gasteiger partial charge in [0.15, 0.2) is 11.6 Å². The summed E-state index contributed by atoms with van der Waals surface area (Å²) < 4.78 is 43.1. The highest BCUT2D eigenvalue weighted by Gasteiger charge is 2.49. The van der Waals surface area contributed by atoms with Crippen LogP contribution in [-0.2, 0) is 4.79 Å². The number of hydrogen-bond acceptors (Lipinski definition) is 13. The van der Waals surface area contributed by atoms with Crippen LogP contribution in [0.4, 0.5) is 20.4 Å². The minimum atomic E-state index is -0.967. The number of alkyl halides is 1. The van der Waals surface area contributed by atoms with E-state index in [0.717, 1.165) is 19.4 Å². The summed E-state index contributed by atoms with van der Waals surface area (Å²) in [5, 5.41) is 15.5. The molecule has 5 aromatic rings. The number of rotatable bonds is 9. The molecule has 7 heterocycles. The zero-order chi connectivity index (χ0) is 38.4. The number of pyridine rings is 2. The van der Waals surface area contributed by atoms with Crippen molar-refractivity contribution in [2.75, 3.05) is 50.0 Å². The quantitative estimate of drug-likeness (QED) is 0.180. The van der Waals surface area contributed by atoms with Crippen molar-refractivity contribution in [3.63, 3.8) is 0 Å². The molecule has 0 unspecified atom stereocenters. The monoisotopic (exact) mass is 769 g/mol. The smallest absolute Gasteiger partial charge is 0.319 e. The number of nitrogens with zero attached hydrogens (tertiary/aromatic N) is 10. The first-order valence-corrected chi connectivity index (χ1v) is 18.6. The van der Waals surface area contributed by atoms with Crippen LogP contribution in [0.1, 0.15) is 57.2 Å². The zero-order valence-corrected chi connectivity index (χ0v) is 31.0. The van der Waals surface area contributed by atoms with Gasteiger partial charge in [0.1, 0.15) is 41.3 Å². The van der Waals surface area contributed by atoms with Crippen molar-refractivity contribution in [1.82, 2.24) is 39.9 Å². The molecule has 0 saturated carbocycles. The highest BCUT2D eigenvalue weighted by molar-refractivity contribution is 6.36. The number of ether oxygens (including phenoxy) is 1. The molecule has 4 aromatic heterocycles. The average Bonchev–Trinajstić information content (AvgIpc) is 3.87. The summed E-state index contributed by atoms with van der Waals surface area (Å²) in [6.45, 7) is 5.80. The molecule has 17 heteroatoms. The summed E-state index contributed by atoms with van der Waals surface area (Å²) in [6, 6.07) is 8.44. The Balaban J connectivity index is 1.16. The predicted octanol–water partition coefficient (Wildman–Crippen LogP) is 5.72. The van der Waals surface area contributed by atoms with Crippen LogP contribution in [-0.4, -0.2) is 103 Å². The van der Waals surface area contributed by atoms with E-state index >= 15 is 4.39 Å². The third kappa shape index (κ3) is 6.87. The van der Waals surface area contributed by atoms with Crippen LogP contribution in [0.3, 0.4) is 0 Å². The van der Waals surface area contributed by atoms with E-state index in [0.29, 0.717) is 40.4 Å². The van der Waals surface area contributed by atoms with E-state index in [-0.39, 0.29) is 84.5 Å². The minimum absolute atomic E-state index is 0.0228. The second-order valence-corrected chi connectivity index (χ2v) is 15.0. The Bertz CT molecular complexity index is 2370. The number of anilines is 2. The lowest BCUT2D eigenvalue weighted by Gasteiger charge is -2.41. The lowest BCUT2D eigenvalue weighted by molar-refractivity contribution is -0.128. The Labute approximate surface area is 319 Å². The molecule has 3 fully saturated rings. The fourth-order valence-corrected chi connectivity index (χ4v) is 8.28. The summed E-state index contributed by atoms with van der Waals surface area (Å²) in [7, 11) is 0. The van der Waals surface area contributed by atoms with Crippen molar-refractivity contribution in [3.8, 4) is 23.5 Å². The third-order valence-corrected chi connectivity index (χ3v) is 11.0. The van der Waals surface area contributed by atoms with Crippen LogP contribution in [0, 0.1) is 17.1 Å².